The van der Waals surface area contributed by atoms with Crippen molar-refractivity contribution >= 4 is 43.4 Å². The Kier molecular flexibility index (Phi) is 4.92. The fraction of sp³-hybridized carbons (Fsp3) is 0.235. The number of alkyl halides is 3. The van der Waals surface area contributed by atoms with E-state index in [-0.39, 0.29) is 12.5 Å². The molecule has 3 aromatic rings. The smallest absolute Gasteiger partial charge is 0.347 e. The predicted molar refractivity (Wildman–Crippen MR) is 95.8 cm³/mol. The average molecular weight is 431 g/mol. The summed E-state index contributed by atoms with van der Waals surface area (Å²) >= 11 is 5.00. The zero-order valence-electron chi connectivity index (χ0n) is 13.2. The minimum absolute atomic E-state index is 0.0342. The maximum atomic E-state index is 12.8. The number of carbonyl (C=O) groups is 1. The zero-order chi connectivity index (χ0) is 18.2. The van der Waals surface area contributed by atoms with E-state index < -0.39 is 11.7 Å². The number of hydrogen-bond donors (Lipinski definition) is 1. The van der Waals surface area contributed by atoms with Crippen molar-refractivity contribution in [3.8, 4) is 0 Å². The van der Waals surface area contributed by atoms with Crippen LogP contribution in [0.25, 0.3) is 10.2 Å². The van der Waals surface area contributed by atoms with Gasteiger partial charge in [0.05, 0.1) is 20.3 Å². The Morgan fingerprint density at radius 2 is 2.08 bits per heavy atom. The Morgan fingerprint density at radius 1 is 1.32 bits per heavy atom. The lowest BCUT2D eigenvalue weighted by molar-refractivity contribution is -0.137. The molecule has 2 aromatic heterocycles. The molecule has 1 amide bonds. The summed E-state index contributed by atoms with van der Waals surface area (Å²) in [6.45, 7) is 2.59. The van der Waals surface area contributed by atoms with E-state index in [4.69, 9.17) is 0 Å². The molecule has 0 saturated carbocycles. The molecule has 132 valence electrons. The first-order valence-electron chi connectivity index (χ1n) is 7.51. The standard InChI is InChI=1S/C17H14BrF3N2OS/c1-2-23-13(7-14-15(23)12(18)9-25-14)16(24)22-8-10-4-3-5-11(6-10)17(19,20)21/h3-7,9H,2,8H2,1H3,(H,22,24). The lowest BCUT2D eigenvalue weighted by Gasteiger charge is -2.11. The topological polar surface area (TPSA) is 34.0 Å². The average Bonchev–Trinajstić information content (AvgIpc) is 3.12. The van der Waals surface area contributed by atoms with Gasteiger partial charge in [-0.1, -0.05) is 12.1 Å². The van der Waals surface area contributed by atoms with Crippen molar-refractivity contribution in [2.24, 2.45) is 0 Å². The van der Waals surface area contributed by atoms with E-state index in [1.165, 1.54) is 17.4 Å². The van der Waals surface area contributed by atoms with Gasteiger partial charge in [-0.3, -0.25) is 4.79 Å². The molecule has 0 radical (unpaired) electrons. The zero-order valence-corrected chi connectivity index (χ0v) is 15.6. The van der Waals surface area contributed by atoms with Crippen LogP contribution in [0.1, 0.15) is 28.5 Å². The van der Waals surface area contributed by atoms with Crippen molar-refractivity contribution < 1.29 is 18.0 Å². The molecule has 1 aromatic carbocycles. The minimum Gasteiger partial charge on any atom is -0.347 e. The van der Waals surface area contributed by atoms with Crippen LogP contribution in [-0.2, 0) is 19.3 Å². The Hall–Kier alpha value is -1.80. The fourth-order valence-corrected chi connectivity index (χ4v) is 4.37. The van der Waals surface area contributed by atoms with E-state index in [9.17, 15) is 18.0 Å². The predicted octanol–water partition coefficient (Wildman–Crippen LogP) is 5.43. The van der Waals surface area contributed by atoms with E-state index in [1.807, 2.05) is 16.9 Å². The van der Waals surface area contributed by atoms with Crippen molar-refractivity contribution in [3.05, 3.63) is 57.0 Å². The lowest BCUT2D eigenvalue weighted by atomic mass is 10.1. The van der Waals surface area contributed by atoms with Crippen molar-refractivity contribution in [1.82, 2.24) is 9.88 Å². The van der Waals surface area contributed by atoms with Crippen LogP contribution in [-0.4, -0.2) is 10.5 Å². The second-order valence-electron chi connectivity index (χ2n) is 5.45. The summed E-state index contributed by atoms with van der Waals surface area (Å²) in [5, 5.41) is 4.66. The van der Waals surface area contributed by atoms with Gasteiger partial charge in [0.1, 0.15) is 5.69 Å². The number of aromatic nitrogens is 1. The van der Waals surface area contributed by atoms with Gasteiger partial charge in [-0.05, 0) is 46.6 Å². The SMILES string of the molecule is CCn1c(C(=O)NCc2cccc(C(F)(F)F)c2)cc2scc(Br)c21. The number of carbonyl (C=O) groups excluding carboxylic acids is 1. The number of hydrogen-bond acceptors (Lipinski definition) is 2. The first kappa shape index (κ1) is 18.0. The first-order valence-corrected chi connectivity index (χ1v) is 9.19. The molecule has 0 unspecified atom stereocenters. The highest BCUT2D eigenvalue weighted by Crippen LogP contribution is 2.33. The highest BCUT2D eigenvalue weighted by atomic mass is 79.9. The third kappa shape index (κ3) is 3.59. The van der Waals surface area contributed by atoms with Gasteiger partial charge in [-0.2, -0.15) is 13.2 Å². The van der Waals surface area contributed by atoms with E-state index >= 15 is 0 Å². The summed E-state index contributed by atoms with van der Waals surface area (Å²) in [6.07, 6.45) is -4.40. The third-order valence-corrected chi connectivity index (χ3v) is 5.66. The van der Waals surface area contributed by atoms with Gasteiger partial charge in [0.2, 0.25) is 0 Å². The Morgan fingerprint density at radius 3 is 2.76 bits per heavy atom. The summed E-state index contributed by atoms with van der Waals surface area (Å²) in [4.78, 5) is 12.5. The molecule has 2 heterocycles. The summed E-state index contributed by atoms with van der Waals surface area (Å²) in [5.41, 5.74) is 1.13. The normalized spacial score (nSPS) is 11.9. The summed E-state index contributed by atoms with van der Waals surface area (Å²) in [5.74, 6) is -0.311. The number of nitrogens with one attached hydrogen (secondary N) is 1. The van der Waals surface area contributed by atoms with E-state index in [0.717, 1.165) is 26.8 Å². The van der Waals surface area contributed by atoms with Crippen LogP contribution >= 0.6 is 27.3 Å². The van der Waals surface area contributed by atoms with Crippen molar-refractivity contribution in [2.45, 2.75) is 26.2 Å². The van der Waals surface area contributed by atoms with Crippen LogP contribution in [0.4, 0.5) is 13.2 Å². The Bertz CT molecular complexity index is 930. The van der Waals surface area contributed by atoms with Gasteiger partial charge in [-0.15, -0.1) is 11.3 Å². The largest absolute Gasteiger partial charge is 0.416 e. The number of halogens is 4. The van der Waals surface area contributed by atoms with Crippen LogP contribution in [0.5, 0.6) is 0 Å². The third-order valence-electron chi connectivity index (χ3n) is 3.83. The molecule has 0 saturated heterocycles. The molecule has 0 aliphatic carbocycles. The molecular formula is C17H14BrF3N2OS. The Labute approximate surface area is 154 Å². The highest BCUT2D eigenvalue weighted by Gasteiger charge is 2.30. The lowest BCUT2D eigenvalue weighted by Crippen LogP contribution is -2.25. The molecule has 0 atom stereocenters. The molecule has 3 rings (SSSR count). The summed E-state index contributed by atoms with van der Waals surface area (Å²) in [7, 11) is 0. The molecule has 0 aliphatic heterocycles. The van der Waals surface area contributed by atoms with Crippen LogP contribution in [0.2, 0.25) is 0 Å². The number of nitrogens with zero attached hydrogens (tertiary/aromatic N) is 1. The maximum Gasteiger partial charge on any atom is 0.416 e. The number of fused-ring (bicyclic) bond motifs is 1. The number of benzene rings is 1. The minimum atomic E-state index is -4.40. The number of thiophene rings is 1. The van der Waals surface area contributed by atoms with Crippen LogP contribution in [0.3, 0.4) is 0 Å². The van der Waals surface area contributed by atoms with E-state index in [2.05, 4.69) is 21.2 Å². The molecule has 8 heteroatoms. The molecule has 0 fully saturated rings. The molecule has 3 nitrogen and oxygen atoms in total. The van der Waals surface area contributed by atoms with Crippen molar-refractivity contribution in [2.75, 3.05) is 0 Å². The number of amides is 1. The quantitative estimate of drug-likeness (QED) is 0.587. The number of rotatable bonds is 4. The molecule has 1 N–H and O–H groups in total. The van der Waals surface area contributed by atoms with Gasteiger partial charge >= 0.3 is 6.18 Å². The van der Waals surface area contributed by atoms with Gasteiger partial charge < -0.3 is 9.88 Å². The molecule has 0 bridgehead atoms. The van der Waals surface area contributed by atoms with Gasteiger partial charge in [-0.25, -0.2) is 0 Å². The molecule has 25 heavy (non-hydrogen) atoms. The summed E-state index contributed by atoms with van der Waals surface area (Å²) < 4.78 is 42.1. The second-order valence-corrected chi connectivity index (χ2v) is 7.22. The molecule has 0 aliphatic rings. The fourth-order valence-electron chi connectivity index (χ4n) is 2.68. The van der Waals surface area contributed by atoms with Gasteiger partial charge in [0.25, 0.3) is 5.91 Å². The first-order chi connectivity index (χ1) is 11.8. The maximum absolute atomic E-state index is 12.8. The highest BCUT2D eigenvalue weighted by molar-refractivity contribution is 9.10. The van der Waals surface area contributed by atoms with Crippen molar-refractivity contribution in [3.63, 3.8) is 0 Å². The summed E-state index contributed by atoms with van der Waals surface area (Å²) in [6, 6.07) is 6.76. The second kappa shape index (κ2) is 6.84. The molecular weight excluding hydrogens is 417 g/mol. The van der Waals surface area contributed by atoms with E-state index in [0.29, 0.717) is 17.8 Å². The van der Waals surface area contributed by atoms with Gasteiger partial charge in [0, 0.05) is 18.5 Å². The van der Waals surface area contributed by atoms with E-state index in [1.54, 1.807) is 12.1 Å². The van der Waals surface area contributed by atoms with Gasteiger partial charge in [0.15, 0.2) is 0 Å². The number of aryl methyl sites for hydroxylation is 1. The molecule has 0 spiro atoms. The monoisotopic (exact) mass is 430 g/mol. The van der Waals surface area contributed by atoms with Crippen molar-refractivity contribution in [1.29, 1.82) is 0 Å². The van der Waals surface area contributed by atoms with Crippen LogP contribution in [0, 0.1) is 0 Å². The van der Waals surface area contributed by atoms with Crippen LogP contribution in [0.15, 0.2) is 40.2 Å². The Balaban J connectivity index is 1.80. The van der Waals surface area contributed by atoms with Crippen LogP contribution < -0.4 is 5.32 Å².